The molecule has 0 aromatic carbocycles. The Bertz CT molecular complexity index is 254. The van der Waals surface area contributed by atoms with Crippen molar-refractivity contribution in [2.45, 2.75) is 18.6 Å². The van der Waals surface area contributed by atoms with Crippen molar-refractivity contribution < 1.29 is 34.8 Å². The zero-order valence-electron chi connectivity index (χ0n) is 9.17. The molecule has 0 heterocycles. The summed E-state index contributed by atoms with van der Waals surface area (Å²) in [5.41, 5.74) is 0. The molecule has 0 aliphatic heterocycles. The van der Waals surface area contributed by atoms with Crippen LogP contribution in [0, 0.1) is 5.92 Å². The van der Waals surface area contributed by atoms with Crippen LogP contribution in [0.25, 0.3) is 0 Å². The molecule has 0 aromatic heterocycles. The van der Waals surface area contributed by atoms with Crippen LogP contribution in [0.15, 0.2) is 0 Å². The van der Waals surface area contributed by atoms with E-state index in [1.807, 2.05) is 0 Å². The number of rotatable bonds is 4. The molecule has 0 bridgehead atoms. The van der Waals surface area contributed by atoms with E-state index in [2.05, 4.69) is 0 Å². The summed E-state index contributed by atoms with van der Waals surface area (Å²) in [4.78, 5) is 10.5. The van der Waals surface area contributed by atoms with Crippen molar-refractivity contribution in [2.24, 2.45) is 5.92 Å². The molecule has 0 saturated carbocycles. The minimum absolute atomic E-state index is 0.454. The second kappa shape index (κ2) is 3.69. The van der Waals surface area contributed by atoms with E-state index in [-0.39, 0.29) is 0 Å². The summed E-state index contributed by atoms with van der Waals surface area (Å²) in [6.07, 6.45) is 0. The van der Waals surface area contributed by atoms with Gasteiger partial charge in [-0.15, -0.1) is 0 Å². The Morgan fingerprint density at radius 3 is 1.67 bits per heavy atom. The second-order valence-electron chi connectivity index (χ2n) is 4.45. The van der Waals surface area contributed by atoms with E-state index >= 15 is 0 Å². The summed E-state index contributed by atoms with van der Waals surface area (Å²) in [7, 11) is 4.15. The molecule has 0 rings (SSSR count). The minimum atomic E-state index is -3.20. The summed E-state index contributed by atoms with van der Waals surface area (Å²) < 4.78 is -0.454. The number of aliphatic hydroxyl groups is 4. The first-order chi connectivity index (χ1) is 6.35. The number of carbonyl (C=O) groups is 1. The average molecular weight is 224 g/mol. The fourth-order valence-corrected chi connectivity index (χ4v) is 1.04. The molecule has 0 amide bonds. The van der Waals surface area contributed by atoms with Gasteiger partial charge in [0.2, 0.25) is 0 Å². The van der Waals surface area contributed by atoms with E-state index in [1.54, 1.807) is 0 Å². The lowest BCUT2D eigenvalue weighted by Gasteiger charge is -2.43. The number of aliphatic carboxylic acids is 1. The smallest absolute Gasteiger partial charge is 0.364 e. The Hall–Kier alpha value is -0.730. The van der Waals surface area contributed by atoms with Gasteiger partial charge in [0.15, 0.2) is 0 Å². The fraction of sp³-hybridized carbons (Fsp3) is 0.875. The fourth-order valence-electron chi connectivity index (χ4n) is 1.04. The molecule has 7 nitrogen and oxygen atoms in total. The third-order valence-corrected chi connectivity index (χ3v) is 2.49. The monoisotopic (exact) mass is 224 g/mol. The molecule has 0 spiro atoms. The summed E-state index contributed by atoms with van der Waals surface area (Å²) in [6.45, 7) is 1.03. The number of carboxylic acid groups (broad SMARTS) is 1. The molecule has 1 unspecified atom stereocenters. The van der Waals surface area contributed by atoms with Crippen LogP contribution in [0.5, 0.6) is 0 Å². The van der Waals surface area contributed by atoms with Crippen LogP contribution < -0.4 is 0 Å². The van der Waals surface area contributed by atoms with Crippen molar-refractivity contribution in [3.8, 4) is 0 Å². The highest BCUT2D eigenvalue weighted by Crippen LogP contribution is 2.29. The topological polar surface area (TPSA) is 118 Å². The molecule has 15 heavy (non-hydrogen) atoms. The van der Waals surface area contributed by atoms with Gasteiger partial charge in [-0.1, -0.05) is 0 Å². The first-order valence-corrected chi connectivity index (χ1v) is 4.29. The van der Waals surface area contributed by atoms with Crippen LogP contribution in [0.2, 0.25) is 0 Å². The lowest BCUT2D eigenvalue weighted by atomic mass is 9.95. The van der Waals surface area contributed by atoms with E-state index < -0.39 is 28.1 Å². The maximum Gasteiger partial charge on any atom is 0.364 e. The van der Waals surface area contributed by atoms with Crippen LogP contribution in [-0.4, -0.2) is 68.8 Å². The maximum atomic E-state index is 10.5. The predicted octanol–water partition coefficient (Wildman–Crippen LogP) is -2.27. The number of hydrogen-bond donors (Lipinski definition) is 5. The molecular weight excluding hydrogens is 206 g/mol. The molecule has 0 aromatic rings. The highest BCUT2D eigenvalue weighted by atomic mass is 16.6. The Kier molecular flexibility index (Phi) is 3.51. The van der Waals surface area contributed by atoms with E-state index in [1.165, 1.54) is 21.1 Å². The zero-order chi connectivity index (χ0) is 12.7. The van der Waals surface area contributed by atoms with Gasteiger partial charge in [-0.3, -0.25) is 4.48 Å². The summed E-state index contributed by atoms with van der Waals surface area (Å²) in [5.74, 6) is -9.41. The van der Waals surface area contributed by atoms with E-state index in [4.69, 9.17) is 5.11 Å². The molecule has 90 valence electrons. The largest absolute Gasteiger partial charge is 0.477 e. The van der Waals surface area contributed by atoms with Gasteiger partial charge in [0, 0.05) is 0 Å². The molecule has 0 aliphatic rings. The van der Waals surface area contributed by atoms with Crippen molar-refractivity contribution in [1.82, 2.24) is 0 Å². The van der Waals surface area contributed by atoms with Crippen molar-refractivity contribution in [1.29, 1.82) is 0 Å². The molecule has 1 atom stereocenters. The normalized spacial score (nSPS) is 16.3. The van der Waals surface area contributed by atoms with Crippen molar-refractivity contribution >= 4 is 5.97 Å². The summed E-state index contributed by atoms with van der Waals surface area (Å²) in [6, 6.07) is 0. The molecule has 5 N–H and O–H groups in total. The Labute approximate surface area is 87.4 Å². The van der Waals surface area contributed by atoms with Crippen molar-refractivity contribution in [3.05, 3.63) is 0 Å². The van der Waals surface area contributed by atoms with Gasteiger partial charge in [-0.2, -0.15) is 0 Å². The Morgan fingerprint density at radius 2 is 1.47 bits per heavy atom. The average Bonchev–Trinajstić information content (AvgIpc) is 2.00. The minimum Gasteiger partial charge on any atom is -0.477 e. The zero-order valence-corrected chi connectivity index (χ0v) is 9.17. The molecule has 0 saturated heterocycles. The quantitative estimate of drug-likeness (QED) is 0.271. The number of carboxylic acids is 1. The second-order valence-corrected chi connectivity index (χ2v) is 4.45. The van der Waals surface area contributed by atoms with Crippen LogP contribution in [-0.2, 0) is 4.79 Å². The van der Waals surface area contributed by atoms with Crippen LogP contribution in [0.1, 0.15) is 6.92 Å². The van der Waals surface area contributed by atoms with Gasteiger partial charge >= 0.3 is 11.9 Å². The van der Waals surface area contributed by atoms with Crippen LogP contribution in [0.4, 0.5) is 0 Å². The summed E-state index contributed by atoms with van der Waals surface area (Å²) in [5, 5.41) is 46.2. The van der Waals surface area contributed by atoms with Gasteiger partial charge in [-0.05, 0) is 6.92 Å². The van der Waals surface area contributed by atoms with Crippen LogP contribution >= 0.6 is 0 Å². The first kappa shape index (κ1) is 14.3. The van der Waals surface area contributed by atoms with Gasteiger partial charge in [0.1, 0.15) is 5.92 Å². The third kappa shape index (κ3) is 2.44. The Morgan fingerprint density at radius 1 is 1.13 bits per heavy atom. The third-order valence-electron chi connectivity index (χ3n) is 2.49. The summed E-state index contributed by atoms with van der Waals surface area (Å²) >= 11 is 0. The molecular formula is C8H18NO6+. The van der Waals surface area contributed by atoms with Gasteiger partial charge in [0.25, 0.3) is 5.79 Å². The lowest BCUT2D eigenvalue weighted by Crippen LogP contribution is -2.67. The van der Waals surface area contributed by atoms with Crippen LogP contribution in [0.3, 0.4) is 0 Å². The predicted molar refractivity (Wildman–Crippen MR) is 49.2 cm³/mol. The van der Waals surface area contributed by atoms with Crippen molar-refractivity contribution in [3.63, 3.8) is 0 Å². The standard InChI is InChI=1S/C8H17NO6/c1-5(7(12,13)6(10)11)8(14,15)9(2,3)4/h5,12-15H,1-4H3/p+1. The first-order valence-electron chi connectivity index (χ1n) is 4.29. The highest BCUT2D eigenvalue weighted by Gasteiger charge is 2.57. The van der Waals surface area contributed by atoms with E-state index in [0.29, 0.717) is 0 Å². The van der Waals surface area contributed by atoms with E-state index in [0.717, 1.165) is 6.92 Å². The van der Waals surface area contributed by atoms with Gasteiger partial charge < -0.3 is 25.5 Å². The SMILES string of the molecule is CC(C(O)(O)C(=O)O)C(O)(O)[N+](C)(C)C. The van der Waals surface area contributed by atoms with Gasteiger partial charge in [0.05, 0.1) is 21.1 Å². The highest BCUT2D eigenvalue weighted by molar-refractivity contribution is 5.75. The number of quaternary nitrogens is 1. The van der Waals surface area contributed by atoms with Crippen molar-refractivity contribution in [2.75, 3.05) is 21.1 Å². The molecule has 0 radical (unpaired) electrons. The number of nitrogens with zero attached hydrogens (tertiary/aromatic N) is 1. The Balaban J connectivity index is 5.18. The number of hydrogen-bond acceptors (Lipinski definition) is 5. The van der Waals surface area contributed by atoms with E-state index in [9.17, 15) is 25.2 Å². The molecule has 0 aliphatic carbocycles. The van der Waals surface area contributed by atoms with Gasteiger partial charge in [-0.25, -0.2) is 4.79 Å². The maximum absolute atomic E-state index is 10.5. The lowest BCUT2D eigenvalue weighted by molar-refractivity contribution is -0.986. The molecule has 0 fully saturated rings. The molecule has 7 heteroatoms.